The van der Waals surface area contributed by atoms with Crippen LogP contribution < -0.4 is 14.2 Å². The molecule has 196 valence electrons. The van der Waals surface area contributed by atoms with E-state index in [-0.39, 0.29) is 26.8 Å². The van der Waals surface area contributed by atoms with E-state index in [9.17, 15) is 18.0 Å². The SMILES string of the molecule is COC(=O)c1csc(S(=O)(=O)N2CCC3(CCN(C(=O)c4cc(OC)ccc4OC)CC3)C2)c1OC. The van der Waals surface area contributed by atoms with Gasteiger partial charge in [0.05, 0.1) is 34.0 Å². The molecule has 10 nitrogen and oxygen atoms in total. The number of ether oxygens (including phenoxy) is 4. The van der Waals surface area contributed by atoms with Gasteiger partial charge in [0, 0.05) is 31.6 Å². The Kier molecular flexibility index (Phi) is 7.48. The summed E-state index contributed by atoms with van der Waals surface area (Å²) in [6.07, 6.45) is 2.08. The van der Waals surface area contributed by atoms with Crippen LogP contribution in [0.4, 0.5) is 0 Å². The lowest BCUT2D eigenvalue weighted by molar-refractivity contribution is 0.0588. The second-order valence-corrected chi connectivity index (χ2v) is 11.9. The number of hydrogen-bond donors (Lipinski definition) is 0. The smallest absolute Gasteiger partial charge is 0.342 e. The second kappa shape index (κ2) is 10.3. The van der Waals surface area contributed by atoms with Crippen LogP contribution in [-0.2, 0) is 14.8 Å². The highest BCUT2D eigenvalue weighted by Crippen LogP contribution is 2.45. The zero-order chi connectivity index (χ0) is 26.1. The van der Waals surface area contributed by atoms with Crippen molar-refractivity contribution in [1.29, 1.82) is 0 Å². The summed E-state index contributed by atoms with van der Waals surface area (Å²) in [4.78, 5) is 27.0. The van der Waals surface area contributed by atoms with E-state index in [0.29, 0.717) is 62.5 Å². The summed E-state index contributed by atoms with van der Waals surface area (Å²) < 4.78 is 49.1. The van der Waals surface area contributed by atoms with Gasteiger partial charge < -0.3 is 23.8 Å². The highest BCUT2D eigenvalue weighted by Gasteiger charge is 2.46. The summed E-state index contributed by atoms with van der Waals surface area (Å²) in [5.74, 6) is 0.286. The van der Waals surface area contributed by atoms with Crippen molar-refractivity contribution in [3.63, 3.8) is 0 Å². The molecule has 1 aromatic heterocycles. The molecule has 2 aliphatic rings. The van der Waals surface area contributed by atoms with E-state index in [2.05, 4.69) is 0 Å². The Hall–Kier alpha value is -2.83. The number of likely N-dealkylation sites (tertiary alicyclic amines) is 1. The Balaban J connectivity index is 1.47. The Morgan fingerprint density at radius 3 is 2.25 bits per heavy atom. The molecule has 0 N–H and O–H groups in total. The molecule has 0 unspecified atom stereocenters. The maximum atomic E-state index is 13.5. The molecule has 1 aromatic carbocycles. The van der Waals surface area contributed by atoms with E-state index in [4.69, 9.17) is 18.9 Å². The Morgan fingerprint density at radius 2 is 1.64 bits per heavy atom. The van der Waals surface area contributed by atoms with Gasteiger partial charge in [-0.25, -0.2) is 13.2 Å². The van der Waals surface area contributed by atoms with Crippen LogP contribution in [0, 0.1) is 5.41 Å². The van der Waals surface area contributed by atoms with Crippen LogP contribution in [0.1, 0.15) is 40.0 Å². The Bertz CT molecular complexity index is 1250. The van der Waals surface area contributed by atoms with Gasteiger partial charge in [-0.3, -0.25) is 4.79 Å². The zero-order valence-corrected chi connectivity index (χ0v) is 22.4. The summed E-state index contributed by atoms with van der Waals surface area (Å²) in [6, 6.07) is 5.12. The summed E-state index contributed by atoms with van der Waals surface area (Å²) in [7, 11) is 1.78. The van der Waals surface area contributed by atoms with Crippen molar-refractivity contribution in [3.05, 3.63) is 34.7 Å². The van der Waals surface area contributed by atoms with Gasteiger partial charge in [0.15, 0.2) is 9.96 Å². The van der Waals surface area contributed by atoms with Crippen LogP contribution in [0.25, 0.3) is 0 Å². The molecule has 4 rings (SSSR count). The van der Waals surface area contributed by atoms with Gasteiger partial charge in [-0.15, -0.1) is 11.3 Å². The third-order valence-corrected chi connectivity index (χ3v) is 10.4. The zero-order valence-electron chi connectivity index (χ0n) is 20.7. The molecular formula is C24H30N2O8S2. The standard InChI is InChI=1S/C24H30N2O8S2/c1-31-16-5-6-19(32-2)17(13-16)21(27)25-10-7-24(8-11-25)9-12-26(15-24)36(29,30)23-20(33-3)18(14-35-23)22(28)34-4/h5-6,13-14H,7-12,15H2,1-4H3. The molecule has 0 bridgehead atoms. The molecule has 2 fully saturated rings. The minimum absolute atomic E-state index is 0.000170. The number of esters is 1. The lowest BCUT2D eigenvalue weighted by Gasteiger charge is -2.39. The van der Waals surface area contributed by atoms with Gasteiger partial charge in [-0.05, 0) is 42.9 Å². The molecule has 0 aliphatic carbocycles. The normalized spacial score (nSPS) is 17.7. The summed E-state index contributed by atoms with van der Waals surface area (Å²) in [6.45, 7) is 1.76. The number of carbonyl (C=O) groups excluding carboxylic acids is 2. The van der Waals surface area contributed by atoms with Crippen LogP contribution in [0.5, 0.6) is 17.2 Å². The maximum absolute atomic E-state index is 13.5. The molecule has 1 spiro atoms. The average Bonchev–Trinajstić information content (AvgIpc) is 3.53. The third-order valence-electron chi connectivity index (χ3n) is 7.05. The van der Waals surface area contributed by atoms with Crippen LogP contribution in [-0.4, -0.2) is 84.1 Å². The monoisotopic (exact) mass is 538 g/mol. The van der Waals surface area contributed by atoms with Crippen LogP contribution in [0.2, 0.25) is 0 Å². The second-order valence-electron chi connectivity index (χ2n) is 8.91. The van der Waals surface area contributed by atoms with Crippen molar-refractivity contribution in [2.24, 2.45) is 5.41 Å². The highest BCUT2D eigenvalue weighted by atomic mass is 32.2. The number of benzene rings is 1. The predicted octanol–water partition coefficient (Wildman–Crippen LogP) is 2.88. The van der Waals surface area contributed by atoms with Crippen LogP contribution >= 0.6 is 11.3 Å². The summed E-state index contributed by atoms with van der Waals surface area (Å²) >= 11 is 0.951. The van der Waals surface area contributed by atoms with E-state index < -0.39 is 16.0 Å². The number of sulfonamides is 1. The topological polar surface area (TPSA) is 112 Å². The molecule has 2 aliphatic heterocycles. The fourth-order valence-electron chi connectivity index (χ4n) is 4.91. The minimum Gasteiger partial charge on any atom is -0.497 e. The molecule has 0 atom stereocenters. The number of amides is 1. The summed E-state index contributed by atoms with van der Waals surface area (Å²) in [5, 5.41) is 1.44. The predicted molar refractivity (Wildman–Crippen MR) is 133 cm³/mol. The van der Waals surface area contributed by atoms with E-state index in [1.807, 2.05) is 0 Å². The van der Waals surface area contributed by atoms with Gasteiger partial charge in [-0.2, -0.15) is 4.31 Å². The van der Waals surface area contributed by atoms with Gasteiger partial charge in [0.1, 0.15) is 17.1 Å². The van der Waals surface area contributed by atoms with Crippen molar-refractivity contribution in [2.45, 2.75) is 23.5 Å². The molecule has 2 saturated heterocycles. The van der Waals surface area contributed by atoms with Gasteiger partial charge in [0.25, 0.3) is 15.9 Å². The van der Waals surface area contributed by atoms with E-state index in [0.717, 1.165) is 11.3 Å². The van der Waals surface area contributed by atoms with E-state index in [1.165, 1.54) is 31.0 Å². The van der Waals surface area contributed by atoms with Crippen LogP contribution in [0.15, 0.2) is 27.8 Å². The Morgan fingerprint density at radius 1 is 0.944 bits per heavy atom. The molecule has 0 radical (unpaired) electrons. The van der Waals surface area contributed by atoms with E-state index >= 15 is 0 Å². The number of thiophene rings is 1. The van der Waals surface area contributed by atoms with E-state index in [1.54, 1.807) is 30.2 Å². The lowest BCUT2D eigenvalue weighted by Crippen LogP contribution is -2.44. The number of hydrogen-bond acceptors (Lipinski definition) is 9. The first-order chi connectivity index (χ1) is 17.2. The fraction of sp³-hybridized carbons (Fsp3) is 0.500. The van der Waals surface area contributed by atoms with Gasteiger partial charge >= 0.3 is 5.97 Å². The minimum atomic E-state index is -3.86. The highest BCUT2D eigenvalue weighted by molar-refractivity contribution is 7.91. The van der Waals surface area contributed by atoms with Gasteiger partial charge in [-0.1, -0.05) is 0 Å². The largest absolute Gasteiger partial charge is 0.497 e. The van der Waals surface area contributed by atoms with Crippen molar-refractivity contribution in [3.8, 4) is 17.2 Å². The molecule has 3 heterocycles. The number of piperidine rings is 1. The maximum Gasteiger partial charge on any atom is 0.342 e. The fourth-order valence-corrected chi connectivity index (χ4v) is 8.02. The molecule has 12 heteroatoms. The van der Waals surface area contributed by atoms with Crippen molar-refractivity contribution in [2.75, 3.05) is 54.6 Å². The number of carbonyl (C=O) groups is 2. The number of nitrogens with zero attached hydrogens (tertiary/aromatic N) is 2. The molecule has 1 amide bonds. The quantitative estimate of drug-likeness (QED) is 0.495. The molecule has 2 aromatic rings. The number of rotatable bonds is 7. The van der Waals surface area contributed by atoms with Crippen molar-refractivity contribution >= 4 is 33.2 Å². The Labute approximate surface area is 214 Å². The molecule has 36 heavy (non-hydrogen) atoms. The summed E-state index contributed by atoms with van der Waals surface area (Å²) in [5.41, 5.74) is 0.324. The first kappa shape index (κ1) is 26.2. The first-order valence-electron chi connectivity index (χ1n) is 11.4. The lowest BCUT2D eigenvalue weighted by atomic mass is 9.78. The van der Waals surface area contributed by atoms with Crippen molar-refractivity contribution in [1.82, 2.24) is 9.21 Å². The van der Waals surface area contributed by atoms with Gasteiger partial charge in [0.2, 0.25) is 0 Å². The number of methoxy groups -OCH3 is 4. The third kappa shape index (κ3) is 4.64. The molecule has 0 saturated carbocycles. The molecular weight excluding hydrogens is 508 g/mol. The first-order valence-corrected chi connectivity index (χ1v) is 13.8. The van der Waals surface area contributed by atoms with Crippen LogP contribution in [0.3, 0.4) is 0 Å². The van der Waals surface area contributed by atoms with Crippen molar-refractivity contribution < 1.29 is 37.0 Å². The average molecular weight is 539 g/mol.